The molecule has 1 aromatic rings. The zero-order valence-corrected chi connectivity index (χ0v) is 11.1. The number of rotatable bonds is 2. The highest BCUT2D eigenvalue weighted by Crippen LogP contribution is 2.36. The van der Waals surface area contributed by atoms with Gasteiger partial charge in [0.15, 0.2) is 0 Å². The van der Waals surface area contributed by atoms with E-state index < -0.39 is 23.2 Å². The fourth-order valence-corrected chi connectivity index (χ4v) is 1.74. The minimum atomic E-state index is -0.638. The second kappa shape index (κ2) is 3.79. The third-order valence-corrected chi connectivity index (χ3v) is 3.58. The Kier molecular flexibility index (Phi) is 2.75. The summed E-state index contributed by atoms with van der Waals surface area (Å²) in [4.78, 5) is 10.2. The topological polar surface area (TPSA) is 79.4 Å². The van der Waals surface area contributed by atoms with Crippen molar-refractivity contribution in [3.05, 3.63) is 16.2 Å². The first-order valence-electron chi connectivity index (χ1n) is 5.68. The molecule has 18 heavy (non-hydrogen) atoms. The van der Waals surface area contributed by atoms with Gasteiger partial charge in [0, 0.05) is 0 Å². The second-order valence-electron chi connectivity index (χ2n) is 5.40. The van der Waals surface area contributed by atoms with E-state index in [1.807, 2.05) is 27.7 Å². The first-order chi connectivity index (χ1) is 8.14. The second-order valence-corrected chi connectivity index (χ2v) is 5.40. The van der Waals surface area contributed by atoms with Gasteiger partial charge in [-0.25, -0.2) is 0 Å². The van der Waals surface area contributed by atoms with Gasteiger partial charge in [-0.15, -0.1) is 0 Å². The molecule has 0 spiro atoms. The van der Waals surface area contributed by atoms with Crippen LogP contribution in [0.2, 0.25) is 0 Å². The fraction of sp³-hybridized carbons (Fsp3) is 0.700. The van der Waals surface area contributed by atoms with Gasteiger partial charge in [0.25, 0.3) is 0 Å². The molecular weight excluding hydrogens is 237 g/mol. The van der Waals surface area contributed by atoms with Gasteiger partial charge in [0.2, 0.25) is 0 Å². The summed E-state index contributed by atoms with van der Waals surface area (Å²) in [7, 11) is 0.995. The first kappa shape index (κ1) is 13.0. The zero-order chi connectivity index (χ0) is 13.7. The van der Waals surface area contributed by atoms with E-state index in [-0.39, 0.29) is 5.82 Å². The van der Waals surface area contributed by atoms with Gasteiger partial charge in [-0.05, 0) is 32.6 Å². The summed E-state index contributed by atoms with van der Waals surface area (Å²) in [5.41, 5.74) is -0.409. The SMILES string of the molecule is Cn1nc([N+](=O)[O-])cc1B1OC(C)(C)C(C)(C)O1. The van der Waals surface area contributed by atoms with E-state index in [0.29, 0.717) is 5.59 Å². The molecule has 0 radical (unpaired) electrons. The average Bonchev–Trinajstić information content (AvgIpc) is 2.66. The van der Waals surface area contributed by atoms with Gasteiger partial charge >= 0.3 is 12.9 Å². The van der Waals surface area contributed by atoms with Crippen LogP contribution in [0.15, 0.2) is 6.07 Å². The van der Waals surface area contributed by atoms with E-state index in [9.17, 15) is 10.1 Å². The Labute approximate surface area is 105 Å². The lowest BCUT2D eigenvalue weighted by Crippen LogP contribution is -2.41. The summed E-state index contributed by atoms with van der Waals surface area (Å²) in [5, 5.41) is 14.5. The van der Waals surface area contributed by atoms with Crippen molar-refractivity contribution in [1.82, 2.24) is 9.78 Å². The highest BCUT2D eigenvalue weighted by molar-refractivity contribution is 6.61. The van der Waals surface area contributed by atoms with E-state index in [1.165, 1.54) is 10.7 Å². The normalized spacial score (nSPS) is 21.3. The highest BCUT2D eigenvalue weighted by Gasteiger charge is 2.53. The number of hydrogen-bond donors (Lipinski definition) is 0. The Hall–Kier alpha value is -1.41. The van der Waals surface area contributed by atoms with E-state index in [0.717, 1.165) is 0 Å². The summed E-state index contributed by atoms with van der Waals surface area (Å²) in [6.45, 7) is 7.71. The first-order valence-corrected chi connectivity index (χ1v) is 5.68. The molecule has 1 aliphatic heterocycles. The molecule has 1 aromatic heterocycles. The van der Waals surface area contributed by atoms with Gasteiger partial charge < -0.3 is 19.4 Å². The van der Waals surface area contributed by atoms with Crippen molar-refractivity contribution >= 4 is 18.5 Å². The lowest BCUT2D eigenvalue weighted by molar-refractivity contribution is -0.389. The van der Waals surface area contributed by atoms with Crippen molar-refractivity contribution in [2.24, 2.45) is 7.05 Å². The van der Waals surface area contributed by atoms with Crippen LogP contribution in [0.25, 0.3) is 0 Å². The molecule has 0 N–H and O–H groups in total. The quantitative estimate of drug-likeness (QED) is 0.438. The molecule has 0 atom stereocenters. The van der Waals surface area contributed by atoms with Crippen molar-refractivity contribution in [2.45, 2.75) is 38.9 Å². The number of aryl methyl sites for hydroxylation is 1. The van der Waals surface area contributed by atoms with Crippen molar-refractivity contribution in [3.8, 4) is 0 Å². The maximum atomic E-state index is 10.7. The number of nitrogens with zero attached hydrogens (tertiary/aromatic N) is 3. The van der Waals surface area contributed by atoms with Crippen LogP contribution in [0.4, 0.5) is 5.82 Å². The van der Waals surface area contributed by atoms with Crippen LogP contribution >= 0.6 is 0 Å². The summed E-state index contributed by atoms with van der Waals surface area (Å²) in [6, 6.07) is 1.38. The maximum Gasteiger partial charge on any atom is 0.516 e. The van der Waals surface area contributed by atoms with Crippen LogP contribution in [-0.4, -0.2) is 33.0 Å². The Bertz CT molecular complexity index is 481. The molecule has 0 amide bonds. The van der Waals surface area contributed by atoms with Crippen LogP contribution in [0.5, 0.6) is 0 Å². The Morgan fingerprint density at radius 2 is 1.83 bits per heavy atom. The zero-order valence-electron chi connectivity index (χ0n) is 11.1. The predicted octanol–water partition coefficient (Wildman–Crippen LogP) is 0.627. The summed E-state index contributed by atoms with van der Waals surface area (Å²) < 4.78 is 13.1. The molecule has 7 nitrogen and oxygen atoms in total. The monoisotopic (exact) mass is 253 g/mol. The van der Waals surface area contributed by atoms with Gasteiger partial charge in [-0.2, -0.15) is 4.68 Å². The maximum absolute atomic E-state index is 10.7. The van der Waals surface area contributed by atoms with E-state index in [1.54, 1.807) is 7.05 Å². The van der Waals surface area contributed by atoms with E-state index in [4.69, 9.17) is 9.31 Å². The predicted molar refractivity (Wildman–Crippen MR) is 65.6 cm³/mol. The van der Waals surface area contributed by atoms with Crippen molar-refractivity contribution in [3.63, 3.8) is 0 Å². The van der Waals surface area contributed by atoms with Crippen LogP contribution in [-0.2, 0) is 16.4 Å². The number of aromatic nitrogens is 2. The van der Waals surface area contributed by atoms with E-state index >= 15 is 0 Å². The molecule has 98 valence electrons. The number of nitro groups is 1. The molecule has 0 unspecified atom stereocenters. The summed E-state index contributed by atoms with van der Waals surface area (Å²) in [5.74, 6) is -0.206. The minimum Gasteiger partial charge on any atom is -0.398 e. The van der Waals surface area contributed by atoms with Crippen LogP contribution in [0.1, 0.15) is 27.7 Å². The molecule has 0 aliphatic carbocycles. The smallest absolute Gasteiger partial charge is 0.398 e. The van der Waals surface area contributed by atoms with Crippen LogP contribution in [0.3, 0.4) is 0 Å². The van der Waals surface area contributed by atoms with Gasteiger partial charge in [-0.3, -0.25) is 0 Å². The van der Waals surface area contributed by atoms with Crippen molar-refractivity contribution in [2.75, 3.05) is 0 Å². The summed E-state index contributed by atoms with van der Waals surface area (Å²) >= 11 is 0. The molecule has 2 rings (SSSR count). The molecule has 0 aromatic carbocycles. The molecule has 1 aliphatic rings. The molecule has 8 heteroatoms. The fourth-order valence-electron chi connectivity index (χ4n) is 1.74. The molecule has 1 saturated heterocycles. The molecule has 1 fully saturated rings. The lowest BCUT2D eigenvalue weighted by Gasteiger charge is -2.32. The van der Waals surface area contributed by atoms with Crippen molar-refractivity contribution < 1.29 is 14.2 Å². The third-order valence-electron chi connectivity index (χ3n) is 3.58. The average molecular weight is 253 g/mol. The number of hydrogen-bond acceptors (Lipinski definition) is 5. The minimum absolute atomic E-state index is 0.206. The Morgan fingerprint density at radius 3 is 2.22 bits per heavy atom. The molecule has 2 heterocycles. The van der Waals surface area contributed by atoms with Crippen LogP contribution in [0, 0.1) is 10.1 Å². The third kappa shape index (κ3) is 1.91. The summed E-state index contributed by atoms with van der Waals surface area (Å²) in [6.07, 6.45) is 0. The standard InChI is InChI=1S/C10H16BN3O4/c1-9(2)10(3,4)18-11(17-9)7-6-8(14(15)16)12-13(7)5/h6H,1-5H3. The van der Waals surface area contributed by atoms with Crippen molar-refractivity contribution in [1.29, 1.82) is 0 Å². The Morgan fingerprint density at radius 1 is 1.33 bits per heavy atom. The molecule has 0 bridgehead atoms. The Balaban J connectivity index is 2.32. The van der Waals surface area contributed by atoms with Crippen LogP contribution < -0.4 is 5.59 Å². The molecular formula is C10H16BN3O4. The van der Waals surface area contributed by atoms with Gasteiger partial charge in [-0.1, -0.05) is 0 Å². The highest BCUT2D eigenvalue weighted by atomic mass is 16.7. The lowest BCUT2D eigenvalue weighted by atomic mass is 9.84. The van der Waals surface area contributed by atoms with Gasteiger partial charge in [0.05, 0.1) is 35.0 Å². The van der Waals surface area contributed by atoms with Gasteiger partial charge in [0.1, 0.15) is 0 Å². The largest absolute Gasteiger partial charge is 0.516 e. The van der Waals surface area contributed by atoms with E-state index in [2.05, 4.69) is 5.10 Å². The molecule has 0 saturated carbocycles.